The third-order valence-electron chi connectivity index (χ3n) is 12.7. The van der Waals surface area contributed by atoms with Crippen molar-refractivity contribution < 1.29 is 43.0 Å². The van der Waals surface area contributed by atoms with Crippen LogP contribution in [0.1, 0.15) is 104 Å². The standard InChI is InChI=1S/C47H77N7O9S/c1-12-31(6)41(53(10)46(58)40(30(4)5)52-44(57)39(29(2)3)32(7)20-23-61-24-25-62-47(59)49-9)37(63-48)28-38(55)54-22-16-19-36(54)42(60-11)33(8)43(56)51-35(45-50-21-26-64-45)27-34-17-14-13-15-18-34/h13-15,17-18,21,26,29-33,35-37,39-42H,12,16,19-20,22-25,27-28,48H2,1-11H3,(H,49,59)(H,51,56)(H,52,57)/t31?,32?,33?,35?,36-,37?,39?,40?,41?,42?/m0/s1. The van der Waals surface area contributed by atoms with Gasteiger partial charge < -0.3 is 40.0 Å². The maximum absolute atomic E-state index is 14.5. The van der Waals surface area contributed by atoms with Gasteiger partial charge in [0.25, 0.3) is 0 Å². The van der Waals surface area contributed by atoms with E-state index in [1.807, 2.05) is 91.1 Å². The molecule has 5 amide bonds. The second-order valence-electron chi connectivity index (χ2n) is 17.9. The number of aromatic nitrogens is 1. The van der Waals surface area contributed by atoms with Gasteiger partial charge in [-0.05, 0) is 54.9 Å². The van der Waals surface area contributed by atoms with Crippen LogP contribution in [0, 0.1) is 35.5 Å². The number of rotatable bonds is 27. The third kappa shape index (κ3) is 15.5. The Kier molecular flexibility index (Phi) is 23.1. The molecule has 3 rings (SSSR count). The van der Waals surface area contributed by atoms with E-state index in [4.69, 9.17) is 24.9 Å². The number of methoxy groups -OCH3 is 1. The molecule has 17 heteroatoms. The minimum atomic E-state index is -0.870. The molecular weight excluding hydrogens is 839 g/mol. The molecule has 10 atom stereocenters. The first-order chi connectivity index (χ1) is 30.5. The molecule has 1 aromatic heterocycles. The maximum atomic E-state index is 14.5. The van der Waals surface area contributed by atoms with Gasteiger partial charge in [-0.3, -0.25) is 24.0 Å². The van der Waals surface area contributed by atoms with Crippen LogP contribution in [0.3, 0.4) is 0 Å². The summed E-state index contributed by atoms with van der Waals surface area (Å²) in [6.07, 6.45) is 2.84. The second-order valence-corrected chi connectivity index (χ2v) is 18.8. The Morgan fingerprint density at radius 2 is 1.66 bits per heavy atom. The van der Waals surface area contributed by atoms with Crippen LogP contribution in [0.25, 0.3) is 0 Å². The Hall–Kier alpha value is -4.16. The van der Waals surface area contributed by atoms with E-state index >= 15 is 0 Å². The average Bonchev–Trinajstić information content (AvgIpc) is 4.00. The molecule has 9 unspecified atom stereocenters. The lowest BCUT2D eigenvalue weighted by molar-refractivity contribution is -0.149. The van der Waals surface area contributed by atoms with Gasteiger partial charge >= 0.3 is 6.09 Å². The zero-order chi connectivity index (χ0) is 47.5. The summed E-state index contributed by atoms with van der Waals surface area (Å²) < 4.78 is 16.7. The summed E-state index contributed by atoms with van der Waals surface area (Å²) in [6, 6.07) is 7.77. The average molecular weight is 916 g/mol. The lowest BCUT2D eigenvalue weighted by atomic mass is 9.81. The molecule has 0 bridgehead atoms. The van der Waals surface area contributed by atoms with Crippen LogP contribution >= 0.6 is 11.3 Å². The lowest BCUT2D eigenvalue weighted by Crippen LogP contribution is -2.59. The van der Waals surface area contributed by atoms with E-state index in [-0.39, 0.29) is 79.0 Å². The van der Waals surface area contributed by atoms with Gasteiger partial charge in [0, 0.05) is 51.9 Å². The van der Waals surface area contributed by atoms with Crippen molar-refractivity contribution in [1.29, 1.82) is 0 Å². The number of ether oxygens (including phenoxy) is 3. The summed E-state index contributed by atoms with van der Waals surface area (Å²) in [4.78, 5) is 81.7. The van der Waals surface area contributed by atoms with Gasteiger partial charge in [-0.15, -0.1) is 11.3 Å². The van der Waals surface area contributed by atoms with Crippen LogP contribution in [0.2, 0.25) is 0 Å². The van der Waals surface area contributed by atoms with Gasteiger partial charge in [-0.2, -0.15) is 0 Å². The lowest BCUT2D eigenvalue weighted by Gasteiger charge is -2.40. The van der Waals surface area contributed by atoms with Crippen molar-refractivity contribution in [2.45, 2.75) is 130 Å². The zero-order valence-electron chi connectivity index (χ0n) is 40.0. The molecule has 0 spiro atoms. The monoisotopic (exact) mass is 916 g/mol. The first kappa shape index (κ1) is 54.2. The number of benzene rings is 1. The quantitative estimate of drug-likeness (QED) is 0.0650. The number of likely N-dealkylation sites (tertiary alicyclic amines) is 1. The Morgan fingerprint density at radius 1 is 0.953 bits per heavy atom. The molecule has 2 heterocycles. The van der Waals surface area contributed by atoms with Gasteiger partial charge in [0.2, 0.25) is 23.6 Å². The van der Waals surface area contributed by atoms with Gasteiger partial charge in [0.1, 0.15) is 23.8 Å². The molecule has 1 aliphatic heterocycles. The fourth-order valence-corrected chi connectivity index (χ4v) is 9.68. The van der Waals surface area contributed by atoms with Crippen LogP contribution in [-0.2, 0) is 44.6 Å². The number of carbonyl (C=O) groups excluding carboxylic acids is 5. The number of carbonyl (C=O) groups is 5. The number of alkyl carbamates (subject to hydrolysis) is 1. The first-order valence-electron chi connectivity index (χ1n) is 22.9. The normalized spacial score (nSPS) is 18.3. The van der Waals surface area contributed by atoms with Gasteiger partial charge in [0.05, 0.1) is 43.2 Å². The number of hydrogen-bond donors (Lipinski definition) is 4. The third-order valence-corrected chi connectivity index (χ3v) is 13.6. The second kappa shape index (κ2) is 27.3. The molecule has 1 fully saturated rings. The summed E-state index contributed by atoms with van der Waals surface area (Å²) in [5, 5.41) is 11.4. The van der Waals surface area contributed by atoms with Gasteiger partial charge in [-0.25, -0.2) is 15.7 Å². The molecule has 0 radical (unpaired) electrons. The number of nitrogens with zero attached hydrogens (tertiary/aromatic N) is 3. The molecule has 1 aromatic carbocycles. The smallest absolute Gasteiger partial charge is 0.406 e. The van der Waals surface area contributed by atoms with E-state index in [1.54, 1.807) is 30.2 Å². The highest BCUT2D eigenvalue weighted by Gasteiger charge is 2.44. The van der Waals surface area contributed by atoms with E-state index in [1.165, 1.54) is 18.4 Å². The molecule has 1 aliphatic rings. The molecule has 5 N–H and O–H groups in total. The predicted octanol–water partition coefficient (Wildman–Crippen LogP) is 5.52. The highest BCUT2D eigenvalue weighted by atomic mass is 32.1. The molecule has 0 saturated carbocycles. The SMILES string of the molecule is CCC(C)C(C(CC(=O)N1CCC[C@H]1C(OC)C(C)C(=O)NC(Cc1ccccc1)c1nccs1)ON)N(C)C(=O)C(NC(=O)C(C(C)C)C(C)CCOCCOC(=O)NC)C(C)C. The van der Waals surface area contributed by atoms with E-state index in [0.29, 0.717) is 38.8 Å². The van der Waals surface area contributed by atoms with Crippen LogP contribution in [-0.4, -0.2) is 122 Å². The number of thiazole rings is 1. The Balaban J connectivity index is 1.73. The van der Waals surface area contributed by atoms with Crippen molar-refractivity contribution in [3.05, 3.63) is 52.5 Å². The zero-order valence-corrected chi connectivity index (χ0v) is 40.9. The molecule has 64 heavy (non-hydrogen) atoms. The van der Waals surface area contributed by atoms with E-state index in [9.17, 15) is 24.0 Å². The molecule has 0 aliphatic carbocycles. The number of amides is 5. The van der Waals surface area contributed by atoms with E-state index in [0.717, 1.165) is 17.0 Å². The number of nitrogens with one attached hydrogen (secondary N) is 3. The van der Waals surface area contributed by atoms with Crippen molar-refractivity contribution in [1.82, 2.24) is 30.7 Å². The fraction of sp³-hybridized carbons (Fsp3) is 0.702. The molecular formula is C47H77N7O9S. The maximum Gasteiger partial charge on any atom is 0.406 e. The van der Waals surface area contributed by atoms with Crippen molar-refractivity contribution in [3.63, 3.8) is 0 Å². The van der Waals surface area contributed by atoms with Gasteiger partial charge in [0.15, 0.2) is 0 Å². The highest BCUT2D eigenvalue weighted by Crippen LogP contribution is 2.31. The molecule has 2 aromatic rings. The predicted molar refractivity (Wildman–Crippen MR) is 248 cm³/mol. The Labute approximate surface area is 385 Å². The van der Waals surface area contributed by atoms with E-state index < -0.39 is 42.2 Å². The minimum Gasteiger partial charge on any atom is -0.447 e. The molecule has 360 valence electrons. The van der Waals surface area contributed by atoms with Gasteiger partial charge in [-0.1, -0.05) is 92.1 Å². The topological polar surface area (TPSA) is 204 Å². The number of nitrogens with two attached hydrogens (primary N) is 1. The van der Waals surface area contributed by atoms with Crippen LogP contribution < -0.4 is 21.8 Å². The summed E-state index contributed by atoms with van der Waals surface area (Å²) in [5.74, 6) is 3.60. The van der Waals surface area contributed by atoms with Crippen molar-refractivity contribution in [3.8, 4) is 0 Å². The first-order valence-corrected chi connectivity index (χ1v) is 23.8. The largest absolute Gasteiger partial charge is 0.447 e. The van der Waals surface area contributed by atoms with Crippen LogP contribution in [0.4, 0.5) is 4.79 Å². The van der Waals surface area contributed by atoms with E-state index in [2.05, 4.69) is 20.9 Å². The van der Waals surface area contributed by atoms with Crippen LogP contribution in [0.5, 0.6) is 0 Å². The van der Waals surface area contributed by atoms with Crippen molar-refractivity contribution in [2.75, 3.05) is 47.6 Å². The number of hydrogen-bond acceptors (Lipinski definition) is 12. The minimum absolute atomic E-state index is 0.0225. The van der Waals surface area contributed by atoms with Crippen molar-refractivity contribution >= 4 is 41.1 Å². The van der Waals surface area contributed by atoms with Crippen molar-refractivity contribution in [2.24, 2.45) is 41.4 Å². The summed E-state index contributed by atoms with van der Waals surface area (Å²) in [5.41, 5.74) is 1.07. The summed E-state index contributed by atoms with van der Waals surface area (Å²) >= 11 is 1.49. The summed E-state index contributed by atoms with van der Waals surface area (Å²) in [6.45, 7) is 16.8. The molecule has 1 saturated heterocycles. The summed E-state index contributed by atoms with van der Waals surface area (Å²) in [7, 11) is 4.74. The Morgan fingerprint density at radius 3 is 2.23 bits per heavy atom. The highest BCUT2D eigenvalue weighted by molar-refractivity contribution is 7.09. The van der Waals surface area contributed by atoms with Crippen LogP contribution in [0.15, 0.2) is 41.9 Å². The molecule has 16 nitrogen and oxygen atoms in total. The Bertz CT molecular complexity index is 1720. The number of likely N-dealkylation sites (N-methyl/N-ethyl adjacent to an activating group) is 1. The fourth-order valence-electron chi connectivity index (χ4n) is 8.99.